The molecule has 2 N–H and O–H groups in total. The molecule has 18 heavy (non-hydrogen) atoms. The summed E-state index contributed by atoms with van der Waals surface area (Å²) in [4.78, 5) is 25.2. The molecule has 2 amide bonds. The van der Waals surface area contributed by atoms with Gasteiger partial charge in [0.1, 0.15) is 5.69 Å². The van der Waals surface area contributed by atoms with Crippen LogP contribution in [0.25, 0.3) is 0 Å². The molecule has 0 aromatic carbocycles. The van der Waals surface area contributed by atoms with Gasteiger partial charge in [0.15, 0.2) is 5.60 Å². The van der Waals surface area contributed by atoms with Crippen LogP contribution in [0.3, 0.4) is 0 Å². The molecule has 1 saturated heterocycles. The Labute approximate surface area is 105 Å². The normalized spacial score (nSPS) is 24.0. The molecule has 1 aliphatic rings. The van der Waals surface area contributed by atoms with Crippen molar-refractivity contribution in [3.8, 4) is 0 Å². The Kier molecular flexibility index (Phi) is 3.13. The molecular weight excluding hydrogens is 234 g/mol. The monoisotopic (exact) mass is 251 g/mol. The van der Waals surface area contributed by atoms with Crippen molar-refractivity contribution < 1.29 is 14.3 Å². The number of rotatable bonds is 2. The van der Waals surface area contributed by atoms with Crippen LogP contribution in [0.15, 0.2) is 18.3 Å². The molecule has 2 heterocycles. The van der Waals surface area contributed by atoms with Gasteiger partial charge in [-0.15, -0.1) is 0 Å². The summed E-state index contributed by atoms with van der Waals surface area (Å²) in [5, 5.41) is 0. The molecule has 0 aliphatic carbocycles. The summed E-state index contributed by atoms with van der Waals surface area (Å²) < 4.78 is 7.13. The molecule has 98 valence electrons. The highest BCUT2D eigenvalue weighted by Gasteiger charge is 2.39. The van der Waals surface area contributed by atoms with Gasteiger partial charge in [-0.1, -0.05) is 0 Å². The minimum atomic E-state index is -1.10. The molecule has 0 spiro atoms. The van der Waals surface area contributed by atoms with E-state index in [1.54, 1.807) is 41.8 Å². The van der Waals surface area contributed by atoms with Crippen LogP contribution in [0.2, 0.25) is 0 Å². The number of ether oxygens (including phenoxy) is 1. The van der Waals surface area contributed by atoms with Crippen molar-refractivity contribution in [2.45, 2.75) is 12.5 Å². The number of aromatic nitrogens is 1. The van der Waals surface area contributed by atoms with E-state index in [4.69, 9.17) is 10.5 Å². The van der Waals surface area contributed by atoms with E-state index < -0.39 is 11.5 Å². The number of hydrogen-bond donors (Lipinski definition) is 1. The average molecular weight is 251 g/mol. The van der Waals surface area contributed by atoms with Crippen molar-refractivity contribution in [2.24, 2.45) is 12.8 Å². The van der Waals surface area contributed by atoms with Crippen LogP contribution < -0.4 is 5.73 Å². The van der Waals surface area contributed by atoms with Gasteiger partial charge in [-0.05, 0) is 19.1 Å². The highest BCUT2D eigenvalue weighted by molar-refractivity contribution is 5.93. The predicted octanol–water partition coefficient (Wildman–Crippen LogP) is -0.258. The van der Waals surface area contributed by atoms with Crippen molar-refractivity contribution in [2.75, 3.05) is 19.7 Å². The highest BCUT2D eigenvalue weighted by Crippen LogP contribution is 2.19. The number of morpholine rings is 1. The van der Waals surface area contributed by atoms with E-state index in [2.05, 4.69) is 0 Å². The zero-order valence-electron chi connectivity index (χ0n) is 10.5. The summed E-state index contributed by atoms with van der Waals surface area (Å²) in [5.74, 6) is -0.662. The van der Waals surface area contributed by atoms with Crippen LogP contribution in [-0.4, -0.2) is 46.6 Å². The Morgan fingerprint density at radius 1 is 1.50 bits per heavy atom. The van der Waals surface area contributed by atoms with E-state index >= 15 is 0 Å². The third-order valence-corrected chi connectivity index (χ3v) is 3.25. The first-order chi connectivity index (χ1) is 8.44. The fourth-order valence-electron chi connectivity index (χ4n) is 2.04. The SMILES string of the molecule is Cn1cccc1C(=O)N1CCOC(C)(C(N)=O)C1. The van der Waals surface area contributed by atoms with Crippen LogP contribution in [-0.2, 0) is 16.6 Å². The molecule has 1 fully saturated rings. The van der Waals surface area contributed by atoms with Crippen molar-refractivity contribution in [3.05, 3.63) is 24.0 Å². The van der Waals surface area contributed by atoms with Crippen molar-refractivity contribution in [1.29, 1.82) is 0 Å². The molecule has 0 bridgehead atoms. The van der Waals surface area contributed by atoms with E-state index in [0.717, 1.165) is 0 Å². The van der Waals surface area contributed by atoms with Crippen molar-refractivity contribution in [1.82, 2.24) is 9.47 Å². The van der Waals surface area contributed by atoms with Gasteiger partial charge in [0.2, 0.25) is 0 Å². The predicted molar refractivity (Wildman–Crippen MR) is 64.9 cm³/mol. The second-order valence-electron chi connectivity index (χ2n) is 4.67. The van der Waals surface area contributed by atoms with Gasteiger partial charge in [0.25, 0.3) is 11.8 Å². The molecule has 6 nitrogen and oxygen atoms in total. The van der Waals surface area contributed by atoms with Crippen LogP contribution in [0.4, 0.5) is 0 Å². The summed E-state index contributed by atoms with van der Waals surface area (Å²) in [6.45, 7) is 2.58. The second kappa shape index (κ2) is 4.45. The van der Waals surface area contributed by atoms with Gasteiger partial charge in [-0.2, -0.15) is 0 Å². The number of primary amides is 1. The minimum Gasteiger partial charge on any atom is -0.367 e. The van der Waals surface area contributed by atoms with Gasteiger partial charge in [-0.3, -0.25) is 9.59 Å². The van der Waals surface area contributed by atoms with Crippen LogP contribution in [0, 0.1) is 0 Å². The topological polar surface area (TPSA) is 77.6 Å². The van der Waals surface area contributed by atoms with Crippen LogP contribution in [0.5, 0.6) is 0 Å². The molecular formula is C12H17N3O3. The van der Waals surface area contributed by atoms with Gasteiger partial charge >= 0.3 is 0 Å². The quantitative estimate of drug-likeness (QED) is 0.786. The highest BCUT2D eigenvalue weighted by atomic mass is 16.5. The lowest BCUT2D eigenvalue weighted by Gasteiger charge is -2.38. The summed E-state index contributed by atoms with van der Waals surface area (Å²) in [6.07, 6.45) is 1.81. The average Bonchev–Trinajstić information content (AvgIpc) is 2.74. The third kappa shape index (κ3) is 2.11. The molecule has 2 rings (SSSR count). The molecule has 1 atom stereocenters. The number of aryl methyl sites for hydroxylation is 1. The maximum Gasteiger partial charge on any atom is 0.270 e. The molecule has 1 aromatic rings. The first-order valence-electron chi connectivity index (χ1n) is 5.78. The molecule has 0 radical (unpaired) electrons. The van der Waals surface area contributed by atoms with Crippen molar-refractivity contribution >= 4 is 11.8 Å². The number of amides is 2. The second-order valence-corrected chi connectivity index (χ2v) is 4.67. The number of carbonyl (C=O) groups is 2. The maximum absolute atomic E-state index is 12.3. The third-order valence-electron chi connectivity index (χ3n) is 3.25. The van der Waals surface area contributed by atoms with Crippen LogP contribution >= 0.6 is 0 Å². The van der Waals surface area contributed by atoms with Crippen LogP contribution in [0.1, 0.15) is 17.4 Å². The first-order valence-corrected chi connectivity index (χ1v) is 5.78. The van der Waals surface area contributed by atoms with E-state index in [0.29, 0.717) is 18.8 Å². The van der Waals surface area contributed by atoms with E-state index in [1.807, 2.05) is 0 Å². The Bertz CT molecular complexity index is 483. The smallest absolute Gasteiger partial charge is 0.270 e. The number of nitrogens with two attached hydrogens (primary N) is 1. The Morgan fingerprint density at radius 2 is 2.22 bits per heavy atom. The summed E-state index contributed by atoms with van der Waals surface area (Å²) in [7, 11) is 1.81. The fourth-order valence-corrected chi connectivity index (χ4v) is 2.04. The zero-order chi connectivity index (χ0) is 13.3. The number of nitrogens with zero attached hydrogens (tertiary/aromatic N) is 2. The molecule has 1 unspecified atom stereocenters. The molecule has 1 aromatic heterocycles. The lowest BCUT2D eigenvalue weighted by molar-refractivity contribution is -0.150. The van der Waals surface area contributed by atoms with E-state index in [-0.39, 0.29) is 12.5 Å². The zero-order valence-corrected chi connectivity index (χ0v) is 10.5. The van der Waals surface area contributed by atoms with Crippen molar-refractivity contribution in [3.63, 3.8) is 0 Å². The van der Waals surface area contributed by atoms with E-state index in [1.165, 1.54) is 0 Å². The minimum absolute atomic E-state index is 0.113. The summed E-state index contributed by atoms with van der Waals surface area (Å²) >= 11 is 0. The summed E-state index contributed by atoms with van der Waals surface area (Å²) in [6, 6.07) is 3.56. The van der Waals surface area contributed by atoms with Gasteiger partial charge in [0, 0.05) is 19.8 Å². The van der Waals surface area contributed by atoms with E-state index in [9.17, 15) is 9.59 Å². The Balaban J connectivity index is 2.17. The standard InChI is InChI=1S/C12H17N3O3/c1-12(11(13)17)8-15(6-7-18-12)10(16)9-4-3-5-14(9)2/h3-5H,6-8H2,1-2H3,(H2,13,17). The summed E-state index contributed by atoms with van der Waals surface area (Å²) in [5.41, 5.74) is 4.79. The largest absolute Gasteiger partial charge is 0.367 e. The number of carbonyl (C=O) groups excluding carboxylic acids is 2. The Hall–Kier alpha value is -1.82. The lowest BCUT2D eigenvalue weighted by Crippen LogP contribution is -2.58. The van der Waals surface area contributed by atoms with Gasteiger partial charge < -0.3 is 19.9 Å². The fraction of sp³-hybridized carbons (Fsp3) is 0.500. The van der Waals surface area contributed by atoms with Gasteiger partial charge in [-0.25, -0.2) is 0 Å². The molecule has 6 heteroatoms. The molecule has 1 aliphatic heterocycles. The number of hydrogen-bond acceptors (Lipinski definition) is 3. The molecule has 0 saturated carbocycles. The lowest BCUT2D eigenvalue weighted by atomic mass is 10.0. The Morgan fingerprint density at radius 3 is 2.78 bits per heavy atom. The van der Waals surface area contributed by atoms with Gasteiger partial charge in [0.05, 0.1) is 13.2 Å². The first kappa shape index (κ1) is 12.6. The maximum atomic E-state index is 12.3.